The summed E-state index contributed by atoms with van der Waals surface area (Å²) in [4.78, 5) is 18.2. The standard InChI is InChI=1S/C23H20N2O3S/c1-28-16-6-4-5-14(11-16)13-25-18-8-3-2-7-17(18)20(21(25)23(26)27)22-24-12-19(29-22)15-9-10-15/h2-8,11-12,15H,9-10,13H2,1H3,(H,26,27). The highest BCUT2D eigenvalue weighted by Crippen LogP contribution is 2.46. The minimum atomic E-state index is -0.942. The Kier molecular flexibility index (Phi) is 4.36. The molecule has 0 amide bonds. The number of nitrogens with zero attached hydrogens (tertiary/aromatic N) is 2. The van der Waals surface area contributed by atoms with Gasteiger partial charge in [-0.05, 0) is 42.5 Å². The Hall–Kier alpha value is -3.12. The number of carboxylic acid groups (broad SMARTS) is 1. The molecule has 29 heavy (non-hydrogen) atoms. The van der Waals surface area contributed by atoms with Crippen LogP contribution in [0.4, 0.5) is 0 Å². The van der Waals surface area contributed by atoms with E-state index < -0.39 is 5.97 Å². The number of carboxylic acids is 1. The second-order valence-corrected chi connectivity index (χ2v) is 8.39. The molecule has 2 aromatic heterocycles. The van der Waals surface area contributed by atoms with Gasteiger partial charge in [-0.1, -0.05) is 30.3 Å². The summed E-state index contributed by atoms with van der Waals surface area (Å²) in [6.45, 7) is 0.445. The van der Waals surface area contributed by atoms with E-state index in [9.17, 15) is 9.90 Å². The van der Waals surface area contributed by atoms with Crippen molar-refractivity contribution in [1.82, 2.24) is 9.55 Å². The third kappa shape index (κ3) is 3.19. The van der Waals surface area contributed by atoms with Crippen molar-refractivity contribution in [1.29, 1.82) is 0 Å². The topological polar surface area (TPSA) is 64.3 Å². The van der Waals surface area contributed by atoms with E-state index in [1.807, 2.05) is 59.3 Å². The number of hydrogen-bond acceptors (Lipinski definition) is 4. The lowest BCUT2D eigenvalue weighted by Crippen LogP contribution is -2.10. The molecule has 0 saturated heterocycles. The summed E-state index contributed by atoms with van der Waals surface area (Å²) in [5.74, 6) is 0.409. The molecule has 4 aromatic rings. The quantitative estimate of drug-likeness (QED) is 0.467. The van der Waals surface area contributed by atoms with Gasteiger partial charge in [0.05, 0.1) is 12.7 Å². The zero-order valence-electron chi connectivity index (χ0n) is 16.0. The number of fused-ring (bicyclic) bond motifs is 1. The van der Waals surface area contributed by atoms with E-state index in [0.29, 0.717) is 18.0 Å². The first-order valence-corrected chi connectivity index (χ1v) is 10.4. The van der Waals surface area contributed by atoms with Crippen LogP contribution >= 0.6 is 11.3 Å². The van der Waals surface area contributed by atoms with Crippen LogP contribution in [0.15, 0.2) is 54.7 Å². The number of methoxy groups -OCH3 is 1. The second kappa shape index (κ2) is 7.04. The Morgan fingerprint density at radius 3 is 2.83 bits per heavy atom. The normalized spacial score (nSPS) is 13.7. The highest BCUT2D eigenvalue weighted by atomic mass is 32.1. The van der Waals surface area contributed by atoms with E-state index in [4.69, 9.17) is 4.74 Å². The molecular weight excluding hydrogens is 384 g/mol. The Bertz CT molecular complexity index is 1220. The number of para-hydroxylation sites is 1. The molecule has 1 saturated carbocycles. The molecular formula is C23H20N2O3S. The molecule has 146 valence electrons. The predicted molar refractivity (Wildman–Crippen MR) is 114 cm³/mol. The molecule has 0 bridgehead atoms. The summed E-state index contributed by atoms with van der Waals surface area (Å²) in [5.41, 5.74) is 2.88. The van der Waals surface area contributed by atoms with Crippen molar-refractivity contribution in [2.24, 2.45) is 0 Å². The first-order valence-electron chi connectivity index (χ1n) is 9.59. The fourth-order valence-corrected chi connectivity index (χ4v) is 4.96. The molecule has 2 heterocycles. The Balaban J connectivity index is 1.70. The van der Waals surface area contributed by atoms with Gasteiger partial charge in [-0.3, -0.25) is 0 Å². The van der Waals surface area contributed by atoms with Gasteiger partial charge in [0.2, 0.25) is 0 Å². The van der Waals surface area contributed by atoms with Crippen LogP contribution in [-0.2, 0) is 6.54 Å². The largest absolute Gasteiger partial charge is 0.497 e. The van der Waals surface area contributed by atoms with Crippen LogP contribution in [0.3, 0.4) is 0 Å². The number of rotatable bonds is 6. The van der Waals surface area contributed by atoms with E-state index in [2.05, 4.69) is 4.98 Å². The molecule has 0 radical (unpaired) electrons. The zero-order chi connectivity index (χ0) is 20.0. The number of benzene rings is 2. The predicted octanol–water partition coefficient (Wildman–Crippen LogP) is 5.40. The minimum Gasteiger partial charge on any atom is -0.497 e. The van der Waals surface area contributed by atoms with Crippen molar-refractivity contribution >= 4 is 28.2 Å². The molecule has 0 aliphatic heterocycles. The average Bonchev–Trinajstić information content (AvgIpc) is 3.38. The summed E-state index contributed by atoms with van der Waals surface area (Å²) >= 11 is 1.62. The highest BCUT2D eigenvalue weighted by molar-refractivity contribution is 7.15. The first-order chi connectivity index (χ1) is 14.2. The van der Waals surface area contributed by atoms with Crippen LogP contribution in [-0.4, -0.2) is 27.7 Å². The van der Waals surface area contributed by atoms with Gasteiger partial charge in [0.1, 0.15) is 16.5 Å². The highest BCUT2D eigenvalue weighted by Gasteiger charge is 2.29. The molecule has 1 fully saturated rings. The smallest absolute Gasteiger partial charge is 0.353 e. The van der Waals surface area contributed by atoms with Gasteiger partial charge in [0.25, 0.3) is 0 Å². The van der Waals surface area contributed by atoms with Gasteiger partial charge >= 0.3 is 5.97 Å². The number of ether oxygens (including phenoxy) is 1. The van der Waals surface area contributed by atoms with Crippen LogP contribution in [0.25, 0.3) is 21.5 Å². The lowest BCUT2D eigenvalue weighted by molar-refractivity contribution is 0.0687. The fourth-order valence-electron chi connectivity index (χ4n) is 3.82. The molecule has 5 rings (SSSR count). The van der Waals surface area contributed by atoms with Crippen LogP contribution < -0.4 is 4.74 Å². The van der Waals surface area contributed by atoms with Crippen molar-refractivity contribution in [2.75, 3.05) is 7.11 Å². The number of aromatic nitrogens is 2. The van der Waals surface area contributed by atoms with E-state index in [1.165, 1.54) is 17.7 Å². The summed E-state index contributed by atoms with van der Waals surface area (Å²) < 4.78 is 7.20. The van der Waals surface area contributed by atoms with E-state index in [0.717, 1.165) is 27.2 Å². The average molecular weight is 404 g/mol. The Morgan fingerprint density at radius 2 is 2.07 bits per heavy atom. The van der Waals surface area contributed by atoms with Crippen molar-refractivity contribution in [3.8, 4) is 16.3 Å². The number of hydrogen-bond donors (Lipinski definition) is 1. The van der Waals surface area contributed by atoms with Gasteiger partial charge in [0.15, 0.2) is 0 Å². The molecule has 1 aliphatic rings. The molecule has 5 nitrogen and oxygen atoms in total. The maximum absolute atomic E-state index is 12.4. The SMILES string of the molecule is COc1cccc(Cn2c(C(=O)O)c(-c3ncc(C4CC4)s3)c3ccccc32)c1. The van der Waals surface area contributed by atoms with Crippen LogP contribution in [0, 0.1) is 0 Å². The van der Waals surface area contributed by atoms with Crippen molar-refractivity contribution in [3.05, 3.63) is 70.9 Å². The van der Waals surface area contributed by atoms with Gasteiger partial charge in [-0.25, -0.2) is 9.78 Å². The van der Waals surface area contributed by atoms with Gasteiger partial charge in [0, 0.05) is 28.5 Å². The molecule has 1 N–H and O–H groups in total. The monoisotopic (exact) mass is 404 g/mol. The summed E-state index contributed by atoms with van der Waals surface area (Å²) in [5, 5.41) is 11.9. The molecule has 0 unspecified atom stereocenters. The van der Waals surface area contributed by atoms with Gasteiger partial charge in [-0.15, -0.1) is 11.3 Å². The van der Waals surface area contributed by atoms with E-state index in [-0.39, 0.29) is 5.69 Å². The Morgan fingerprint density at radius 1 is 1.24 bits per heavy atom. The Labute approximate surface area is 172 Å². The third-order valence-electron chi connectivity index (χ3n) is 5.37. The first kappa shape index (κ1) is 17.9. The van der Waals surface area contributed by atoms with Crippen molar-refractivity contribution in [2.45, 2.75) is 25.3 Å². The molecule has 2 aromatic carbocycles. The number of thiazole rings is 1. The second-order valence-electron chi connectivity index (χ2n) is 7.33. The van der Waals surface area contributed by atoms with Gasteiger partial charge < -0.3 is 14.4 Å². The van der Waals surface area contributed by atoms with Crippen LogP contribution in [0.5, 0.6) is 5.75 Å². The maximum Gasteiger partial charge on any atom is 0.353 e. The lowest BCUT2D eigenvalue weighted by Gasteiger charge is -2.10. The number of aromatic carboxylic acids is 1. The minimum absolute atomic E-state index is 0.283. The maximum atomic E-state index is 12.4. The van der Waals surface area contributed by atoms with Crippen molar-refractivity contribution in [3.63, 3.8) is 0 Å². The van der Waals surface area contributed by atoms with E-state index in [1.54, 1.807) is 18.4 Å². The summed E-state index contributed by atoms with van der Waals surface area (Å²) in [7, 11) is 1.63. The number of carbonyl (C=O) groups is 1. The zero-order valence-corrected chi connectivity index (χ0v) is 16.8. The third-order valence-corrected chi connectivity index (χ3v) is 6.54. The van der Waals surface area contributed by atoms with Crippen LogP contribution in [0.1, 0.15) is 39.7 Å². The lowest BCUT2D eigenvalue weighted by atomic mass is 10.1. The molecule has 0 spiro atoms. The summed E-state index contributed by atoms with van der Waals surface area (Å²) in [6, 6.07) is 15.6. The molecule has 1 aliphatic carbocycles. The molecule has 6 heteroatoms. The van der Waals surface area contributed by atoms with E-state index >= 15 is 0 Å². The van der Waals surface area contributed by atoms with Crippen LogP contribution in [0.2, 0.25) is 0 Å². The van der Waals surface area contributed by atoms with Gasteiger partial charge in [-0.2, -0.15) is 0 Å². The molecule has 0 atom stereocenters. The summed E-state index contributed by atoms with van der Waals surface area (Å²) in [6.07, 6.45) is 4.31. The fraction of sp³-hybridized carbons (Fsp3) is 0.217. The van der Waals surface area contributed by atoms with Crippen molar-refractivity contribution < 1.29 is 14.6 Å².